The van der Waals surface area contributed by atoms with Crippen molar-refractivity contribution in [3.63, 3.8) is 0 Å². The zero-order valence-corrected chi connectivity index (χ0v) is 15.5. The van der Waals surface area contributed by atoms with Gasteiger partial charge in [-0.1, -0.05) is 6.07 Å². The van der Waals surface area contributed by atoms with Crippen LogP contribution in [0.5, 0.6) is 17.2 Å². The number of carbonyl (C=O) groups excluding carboxylic acids is 1. The summed E-state index contributed by atoms with van der Waals surface area (Å²) in [5.74, 6) is 2.18. The molecular formula is C20H18N2O4S. The molecule has 1 N–H and O–H groups in total. The monoisotopic (exact) mass is 382 g/mol. The van der Waals surface area contributed by atoms with Crippen LogP contribution in [0, 0.1) is 0 Å². The summed E-state index contributed by atoms with van der Waals surface area (Å²) >= 11 is 1.52. The summed E-state index contributed by atoms with van der Waals surface area (Å²) in [6.07, 6.45) is 0.247. The maximum Gasteiger partial charge on any atom is 0.231 e. The van der Waals surface area contributed by atoms with Crippen molar-refractivity contribution in [3.8, 4) is 27.8 Å². The molecule has 0 atom stereocenters. The lowest BCUT2D eigenvalue weighted by Gasteiger charge is -2.05. The van der Waals surface area contributed by atoms with Crippen molar-refractivity contribution in [3.05, 3.63) is 59.1 Å². The second kappa shape index (κ2) is 7.67. The van der Waals surface area contributed by atoms with Gasteiger partial charge in [0.05, 0.1) is 19.2 Å². The average Bonchev–Trinajstić information content (AvgIpc) is 3.35. The van der Waals surface area contributed by atoms with Gasteiger partial charge >= 0.3 is 0 Å². The van der Waals surface area contributed by atoms with Crippen molar-refractivity contribution in [1.82, 2.24) is 10.3 Å². The van der Waals surface area contributed by atoms with Crippen LogP contribution in [0.2, 0.25) is 0 Å². The zero-order chi connectivity index (χ0) is 18.6. The summed E-state index contributed by atoms with van der Waals surface area (Å²) < 4.78 is 15.8. The highest BCUT2D eigenvalue weighted by molar-refractivity contribution is 7.13. The molecule has 0 spiro atoms. The lowest BCUT2D eigenvalue weighted by Crippen LogP contribution is -2.24. The number of ether oxygens (including phenoxy) is 3. The molecule has 0 bridgehead atoms. The van der Waals surface area contributed by atoms with E-state index >= 15 is 0 Å². The summed E-state index contributed by atoms with van der Waals surface area (Å²) in [6, 6.07) is 13.4. The van der Waals surface area contributed by atoms with E-state index in [9.17, 15) is 4.79 Å². The lowest BCUT2D eigenvalue weighted by molar-refractivity contribution is -0.120. The molecule has 1 aliphatic heterocycles. The molecule has 138 valence electrons. The molecule has 1 amide bonds. The summed E-state index contributed by atoms with van der Waals surface area (Å²) in [6.45, 7) is 0.677. The van der Waals surface area contributed by atoms with Gasteiger partial charge in [0.25, 0.3) is 0 Å². The SMILES string of the molecule is COc1ccc(-c2nc(CC(=O)NCc3ccc4c(c3)OCO4)cs2)cc1. The van der Waals surface area contributed by atoms with E-state index in [4.69, 9.17) is 14.2 Å². The van der Waals surface area contributed by atoms with Crippen LogP contribution in [-0.2, 0) is 17.8 Å². The predicted molar refractivity (Wildman–Crippen MR) is 102 cm³/mol. The van der Waals surface area contributed by atoms with Gasteiger partial charge < -0.3 is 19.5 Å². The molecule has 7 heteroatoms. The summed E-state index contributed by atoms with van der Waals surface area (Å²) in [5.41, 5.74) is 2.73. The lowest BCUT2D eigenvalue weighted by atomic mass is 10.2. The number of carbonyl (C=O) groups is 1. The first-order chi connectivity index (χ1) is 13.2. The van der Waals surface area contributed by atoms with Gasteiger partial charge in [0.1, 0.15) is 10.8 Å². The van der Waals surface area contributed by atoms with E-state index in [1.165, 1.54) is 11.3 Å². The Kier molecular flexibility index (Phi) is 4.93. The first-order valence-electron chi connectivity index (χ1n) is 8.45. The first-order valence-corrected chi connectivity index (χ1v) is 9.33. The van der Waals surface area contributed by atoms with Crippen LogP contribution in [0.3, 0.4) is 0 Å². The number of aromatic nitrogens is 1. The van der Waals surface area contributed by atoms with Crippen LogP contribution < -0.4 is 19.5 Å². The van der Waals surface area contributed by atoms with Gasteiger partial charge in [0, 0.05) is 17.5 Å². The molecule has 2 heterocycles. The minimum absolute atomic E-state index is 0.0701. The van der Waals surface area contributed by atoms with E-state index in [2.05, 4.69) is 10.3 Å². The van der Waals surface area contributed by atoms with Crippen LogP contribution in [0.1, 0.15) is 11.3 Å². The Morgan fingerprint density at radius 2 is 2.00 bits per heavy atom. The van der Waals surface area contributed by atoms with Crippen molar-refractivity contribution < 1.29 is 19.0 Å². The number of hydrogen-bond acceptors (Lipinski definition) is 6. The molecule has 0 radical (unpaired) electrons. The molecule has 0 fully saturated rings. The molecule has 2 aromatic carbocycles. The highest BCUT2D eigenvalue weighted by Gasteiger charge is 2.14. The van der Waals surface area contributed by atoms with Gasteiger partial charge in [0.15, 0.2) is 11.5 Å². The van der Waals surface area contributed by atoms with Crippen LogP contribution in [0.25, 0.3) is 10.6 Å². The van der Waals surface area contributed by atoms with Crippen molar-refractivity contribution in [2.45, 2.75) is 13.0 Å². The number of benzene rings is 2. The normalized spacial score (nSPS) is 12.0. The highest BCUT2D eigenvalue weighted by atomic mass is 32.1. The number of rotatable bonds is 6. The largest absolute Gasteiger partial charge is 0.497 e. The Balaban J connectivity index is 1.33. The quantitative estimate of drug-likeness (QED) is 0.708. The molecule has 27 heavy (non-hydrogen) atoms. The Morgan fingerprint density at radius 1 is 1.19 bits per heavy atom. The van der Waals surface area contributed by atoms with Gasteiger partial charge in [-0.25, -0.2) is 4.98 Å². The third-order valence-corrected chi connectivity index (χ3v) is 5.10. The summed E-state index contributed by atoms with van der Waals surface area (Å²) in [7, 11) is 1.64. The molecule has 1 aliphatic rings. The zero-order valence-electron chi connectivity index (χ0n) is 14.7. The minimum Gasteiger partial charge on any atom is -0.497 e. The molecule has 0 saturated heterocycles. The Bertz CT molecular complexity index is 953. The number of methoxy groups -OCH3 is 1. The van der Waals surface area contributed by atoms with Gasteiger partial charge in [-0.3, -0.25) is 4.79 Å². The molecule has 6 nitrogen and oxygen atoms in total. The minimum atomic E-state index is -0.0701. The van der Waals surface area contributed by atoms with Gasteiger partial charge in [-0.15, -0.1) is 11.3 Å². The number of amides is 1. The predicted octanol–water partition coefficient (Wildman–Crippen LogP) is 3.41. The Hall–Kier alpha value is -3.06. The van der Waals surface area contributed by atoms with Crippen LogP contribution in [0.4, 0.5) is 0 Å². The fourth-order valence-electron chi connectivity index (χ4n) is 2.73. The molecule has 0 aliphatic carbocycles. The number of thiazole rings is 1. The third-order valence-electron chi connectivity index (χ3n) is 4.16. The van der Waals surface area contributed by atoms with E-state index in [0.29, 0.717) is 12.3 Å². The van der Waals surface area contributed by atoms with E-state index in [-0.39, 0.29) is 19.1 Å². The molecule has 0 saturated carbocycles. The number of hydrogen-bond donors (Lipinski definition) is 1. The van der Waals surface area contributed by atoms with Crippen molar-refractivity contribution >= 4 is 17.2 Å². The average molecular weight is 382 g/mol. The standard InChI is InChI=1S/C20H18N2O4S/c1-24-16-5-3-14(4-6-16)20-22-15(11-27-20)9-19(23)21-10-13-2-7-17-18(8-13)26-12-25-17/h2-8,11H,9-10,12H2,1H3,(H,21,23). The second-order valence-corrected chi connectivity index (χ2v) is 6.87. The third kappa shape index (κ3) is 4.03. The van der Waals surface area contributed by atoms with E-state index in [0.717, 1.165) is 33.3 Å². The molecule has 0 unspecified atom stereocenters. The number of nitrogens with zero attached hydrogens (tertiary/aromatic N) is 1. The van der Waals surface area contributed by atoms with E-state index in [1.54, 1.807) is 7.11 Å². The fourth-order valence-corrected chi connectivity index (χ4v) is 3.56. The maximum atomic E-state index is 12.2. The molecule has 1 aromatic heterocycles. The van der Waals surface area contributed by atoms with E-state index < -0.39 is 0 Å². The van der Waals surface area contributed by atoms with Crippen molar-refractivity contribution in [2.75, 3.05) is 13.9 Å². The van der Waals surface area contributed by atoms with E-state index in [1.807, 2.05) is 47.8 Å². The Labute approximate surface area is 160 Å². The van der Waals surface area contributed by atoms with Crippen molar-refractivity contribution in [2.24, 2.45) is 0 Å². The highest BCUT2D eigenvalue weighted by Crippen LogP contribution is 2.32. The summed E-state index contributed by atoms with van der Waals surface area (Å²) in [5, 5.41) is 5.72. The molecule has 4 rings (SSSR count). The fraction of sp³-hybridized carbons (Fsp3) is 0.200. The second-order valence-electron chi connectivity index (χ2n) is 6.01. The van der Waals surface area contributed by atoms with Gasteiger partial charge in [-0.05, 0) is 42.0 Å². The van der Waals surface area contributed by atoms with Crippen molar-refractivity contribution in [1.29, 1.82) is 0 Å². The van der Waals surface area contributed by atoms with Gasteiger partial charge in [0.2, 0.25) is 12.7 Å². The molecular weight excluding hydrogens is 364 g/mol. The molecule has 3 aromatic rings. The first kappa shape index (κ1) is 17.4. The van der Waals surface area contributed by atoms with Crippen LogP contribution >= 0.6 is 11.3 Å². The summed E-state index contributed by atoms with van der Waals surface area (Å²) in [4.78, 5) is 16.8. The Morgan fingerprint density at radius 3 is 2.81 bits per heavy atom. The smallest absolute Gasteiger partial charge is 0.231 e. The topological polar surface area (TPSA) is 69.7 Å². The van der Waals surface area contributed by atoms with Crippen LogP contribution in [-0.4, -0.2) is 24.8 Å². The van der Waals surface area contributed by atoms with Crippen LogP contribution in [0.15, 0.2) is 47.8 Å². The van der Waals surface area contributed by atoms with Gasteiger partial charge in [-0.2, -0.15) is 0 Å². The maximum absolute atomic E-state index is 12.2. The number of nitrogens with one attached hydrogen (secondary N) is 1. The number of fused-ring (bicyclic) bond motifs is 1.